The monoisotopic (exact) mass is 229 g/mol. The van der Waals surface area contributed by atoms with Crippen molar-refractivity contribution >= 4 is 11.9 Å². The molecule has 0 aromatic rings. The first-order chi connectivity index (χ1) is 7.56. The lowest BCUT2D eigenvalue weighted by molar-refractivity contribution is -0.148. The SMILES string of the molecule is CCC(C)N(CC(=O)O)C(=O)C1CCOC1. The van der Waals surface area contributed by atoms with Gasteiger partial charge in [-0.15, -0.1) is 0 Å². The highest BCUT2D eigenvalue weighted by molar-refractivity contribution is 5.83. The Morgan fingerprint density at radius 3 is 2.69 bits per heavy atom. The molecular weight excluding hydrogens is 210 g/mol. The van der Waals surface area contributed by atoms with E-state index in [1.807, 2.05) is 13.8 Å². The molecule has 0 spiro atoms. The van der Waals surface area contributed by atoms with Crippen LogP contribution in [0.15, 0.2) is 0 Å². The fraction of sp³-hybridized carbons (Fsp3) is 0.818. The number of carbonyl (C=O) groups excluding carboxylic acids is 1. The van der Waals surface area contributed by atoms with Crippen LogP contribution in [0.3, 0.4) is 0 Å². The highest BCUT2D eigenvalue weighted by Crippen LogP contribution is 2.17. The molecule has 1 saturated heterocycles. The van der Waals surface area contributed by atoms with E-state index in [-0.39, 0.29) is 24.4 Å². The van der Waals surface area contributed by atoms with Gasteiger partial charge in [0.15, 0.2) is 0 Å². The second-order valence-electron chi connectivity index (χ2n) is 4.18. The normalized spacial score (nSPS) is 21.8. The van der Waals surface area contributed by atoms with Crippen LogP contribution in [0.2, 0.25) is 0 Å². The summed E-state index contributed by atoms with van der Waals surface area (Å²) in [6.45, 7) is 4.61. The molecule has 0 saturated carbocycles. The number of carboxylic acids is 1. The molecule has 1 N–H and O–H groups in total. The van der Waals surface area contributed by atoms with Crippen LogP contribution in [0.25, 0.3) is 0 Å². The summed E-state index contributed by atoms with van der Waals surface area (Å²) in [7, 11) is 0. The molecule has 16 heavy (non-hydrogen) atoms. The van der Waals surface area contributed by atoms with Crippen molar-refractivity contribution in [3.63, 3.8) is 0 Å². The van der Waals surface area contributed by atoms with Crippen LogP contribution in [0, 0.1) is 5.92 Å². The molecule has 92 valence electrons. The summed E-state index contributed by atoms with van der Waals surface area (Å²) in [4.78, 5) is 24.2. The van der Waals surface area contributed by atoms with Gasteiger partial charge < -0.3 is 14.7 Å². The molecule has 1 aliphatic rings. The minimum atomic E-state index is -0.965. The van der Waals surface area contributed by atoms with Gasteiger partial charge in [-0.05, 0) is 19.8 Å². The third-order valence-electron chi connectivity index (χ3n) is 2.99. The quantitative estimate of drug-likeness (QED) is 0.755. The topological polar surface area (TPSA) is 66.8 Å². The fourth-order valence-electron chi connectivity index (χ4n) is 1.78. The molecule has 2 atom stereocenters. The van der Waals surface area contributed by atoms with Gasteiger partial charge >= 0.3 is 5.97 Å². The Kier molecular flexibility index (Phi) is 4.73. The molecule has 1 heterocycles. The van der Waals surface area contributed by atoms with E-state index in [1.165, 1.54) is 4.90 Å². The van der Waals surface area contributed by atoms with Crippen molar-refractivity contribution < 1.29 is 19.4 Å². The lowest BCUT2D eigenvalue weighted by Gasteiger charge is -2.29. The Bertz CT molecular complexity index is 261. The number of carbonyl (C=O) groups is 2. The number of ether oxygens (including phenoxy) is 1. The van der Waals surface area contributed by atoms with E-state index in [0.29, 0.717) is 19.6 Å². The van der Waals surface area contributed by atoms with Gasteiger partial charge in [-0.1, -0.05) is 6.92 Å². The lowest BCUT2D eigenvalue weighted by atomic mass is 10.1. The van der Waals surface area contributed by atoms with Crippen molar-refractivity contribution in [1.29, 1.82) is 0 Å². The third kappa shape index (κ3) is 3.20. The highest BCUT2D eigenvalue weighted by Gasteiger charge is 2.31. The maximum atomic E-state index is 12.1. The first-order valence-electron chi connectivity index (χ1n) is 5.66. The molecule has 1 fully saturated rings. The van der Waals surface area contributed by atoms with Gasteiger partial charge in [0.2, 0.25) is 5.91 Å². The molecule has 0 bridgehead atoms. The summed E-state index contributed by atoms with van der Waals surface area (Å²) in [6.07, 6.45) is 1.46. The summed E-state index contributed by atoms with van der Waals surface area (Å²) >= 11 is 0. The fourth-order valence-corrected chi connectivity index (χ4v) is 1.78. The zero-order valence-corrected chi connectivity index (χ0v) is 9.81. The number of rotatable bonds is 5. The summed E-state index contributed by atoms with van der Waals surface area (Å²) < 4.78 is 5.15. The molecule has 0 aliphatic carbocycles. The van der Waals surface area contributed by atoms with Crippen molar-refractivity contribution in [3.05, 3.63) is 0 Å². The molecule has 0 aromatic heterocycles. The molecule has 0 aromatic carbocycles. The molecule has 1 aliphatic heterocycles. The number of amides is 1. The van der Waals surface area contributed by atoms with Gasteiger partial charge in [-0.3, -0.25) is 9.59 Å². The Labute approximate surface area is 95.4 Å². The summed E-state index contributed by atoms with van der Waals surface area (Å²) in [5, 5.41) is 8.79. The smallest absolute Gasteiger partial charge is 0.323 e. The van der Waals surface area contributed by atoms with E-state index in [4.69, 9.17) is 9.84 Å². The van der Waals surface area contributed by atoms with Gasteiger partial charge in [0.25, 0.3) is 0 Å². The number of aliphatic carboxylic acids is 1. The Hall–Kier alpha value is -1.10. The molecular formula is C11H19NO4. The van der Waals surface area contributed by atoms with E-state index in [1.54, 1.807) is 0 Å². The Balaban J connectivity index is 2.66. The van der Waals surface area contributed by atoms with Crippen LogP contribution < -0.4 is 0 Å². The third-order valence-corrected chi connectivity index (χ3v) is 2.99. The van der Waals surface area contributed by atoms with Gasteiger partial charge in [-0.25, -0.2) is 0 Å². The number of hydrogen-bond donors (Lipinski definition) is 1. The molecule has 1 rings (SSSR count). The Morgan fingerprint density at radius 2 is 2.25 bits per heavy atom. The summed E-state index contributed by atoms with van der Waals surface area (Å²) in [5.41, 5.74) is 0. The van der Waals surface area contributed by atoms with Crippen LogP contribution in [0.1, 0.15) is 26.7 Å². The van der Waals surface area contributed by atoms with Crippen molar-refractivity contribution in [2.45, 2.75) is 32.7 Å². The van der Waals surface area contributed by atoms with Crippen LogP contribution in [0.4, 0.5) is 0 Å². The largest absolute Gasteiger partial charge is 0.480 e. The second kappa shape index (κ2) is 5.84. The van der Waals surface area contributed by atoms with Crippen molar-refractivity contribution in [2.75, 3.05) is 19.8 Å². The van der Waals surface area contributed by atoms with E-state index in [0.717, 1.165) is 6.42 Å². The standard InChI is InChI=1S/C11H19NO4/c1-3-8(2)12(6-10(13)14)11(15)9-4-5-16-7-9/h8-9H,3-7H2,1-2H3,(H,13,14). The summed E-state index contributed by atoms with van der Waals surface area (Å²) in [5.74, 6) is -1.21. The highest BCUT2D eigenvalue weighted by atomic mass is 16.5. The van der Waals surface area contributed by atoms with Crippen molar-refractivity contribution in [1.82, 2.24) is 4.90 Å². The predicted octanol–water partition coefficient (Wildman–Crippen LogP) is 0.735. The first kappa shape index (κ1) is 13.0. The van der Waals surface area contributed by atoms with Gasteiger partial charge in [0.1, 0.15) is 6.54 Å². The molecule has 0 radical (unpaired) electrons. The minimum Gasteiger partial charge on any atom is -0.480 e. The van der Waals surface area contributed by atoms with Crippen molar-refractivity contribution in [2.24, 2.45) is 5.92 Å². The van der Waals surface area contributed by atoms with Crippen molar-refractivity contribution in [3.8, 4) is 0 Å². The van der Waals surface area contributed by atoms with Gasteiger partial charge in [0, 0.05) is 12.6 Å². The predicted molar refractivity (Wildman–Crippen MR) is 58.0 cm³/mol. The lowest BCUT2D eigenvalue weighted by Crippen LogP contribution is -2.45. The Morgan fingerprint density at radius 1 is 1.56 bits per heavy atom. The maximum absolute atomic E-state index is 12.1. The zero-order valence-electron chi connectivity index (χ0n) is 9.81. The second-order valence-corrected chi connectivity index (χ2v) is 4.18. The average Bonchev–Trinajstić information content (AvgIpc) is 2.77. The maximum Gasteiger partial charge on any atom is 0.323 e. The van der Waals surface area contributed by atoms with Crippen LogP contribution >= 0.6 is 0 Å². The van der Waals surface area contributed by atoms with E-state index in [9.17, 15) is 9.59 Å². The minimum absolute atomic E-state index is 0.0378. The van der Waals surface area contributed by atoms with E-state index in [2.05, 4.69) is 0 Å². The number of carboxylic acid groups (broad SMARTS) is 1. The molecule has 5 heteroatoms. The molecule has 1 amide bonds. The first-order valence-corrected chi connectivity index (χ1v) is 5.66. The van der Waals surface area contributed by atoms with Gasteiger partial charge in [-0.2, -0.15) is 0 Å². The average molecular weight is 229 g/mol. The number of hydrogen-bond acceptors (Lipinski definition) is 3. The summed E-state index contributed by atoms with van der Waals surface area (Å²) in [6, 6.07) is -0.0378. The van der Waals surface area contributed by atoms with Crippen LogP contribution in [-0.2, 0) is 14.3 Å². The molecule has 2 unspecified atom stereocenters. The van der Waals surface area contributed by atoms with E-state index < -0.39 is 5.97 Å². The zero-order chi connectivity index (χ0) is 12.1. The molecule has 5 nitrogen and oxygen atoms in total. The van der Waals surface area contributed by atoms with Crippen LogP contribution in [-0.4, -0.2) is 47.7 Å². The van der Waals surface area contributed by atoms with E-state index >= 15 is 0 Å². The number of nitrogens with zero attached hydrogens (tertiary/aromatic N) is 1. The van der Waals surface area contributed by atoms with Crippen LogP contribution in [0.5, 0.6) is 0 Å². The van der Waals surface area contributed by atoms with Gasteiger partial charge in [0.05, 0.1) is 12.5 Å².